The lowest BCUT2D eigenvalue weighted by molar-refractivity contribution is 0.488. The summed E-state index contributed by atoms with van der Waals surface area (Å²) in [6.07, 6.45) is 4.56. The number of aromatic nitrogens is 4. The molecule has 3 aromatic heterocycles. The van der Waals surface area contributed by atoms with E-state index in [0.717, 1.165) is 30.3 Å². The first-order valence-electron chi connectivity index (χ1n) is 6.56. The van der Waals surface area contributed by atoms with E-state index < -0.39 is 0 Å². The van der Waals surface area contributed by atoms with Gasteiger partial charge < -0.3 is 5.32 Å². The van der Waals surface area contributed by atoms with Gasteiger partial charge in [-0.2, -0.15) is 4.98 Å². The zero-order chi connectivity index (χ0) is 13.4. The SMILES string of the molecule is c1csc(C2CCNc3nc(-c4ccncc4)nn32)c1. The van der Waals surface area contributed by atoms with E-state index in [9.17, 15) is 0 Å². The van der Waals surface area contributed by atoms with E-state index in [0.29, 0.717) is 0 Å². The van der Waals surface area contributed by atoms with Crippen molar-refractivity contribution in [1.29, 1.82) is 0 Å². The van der Waals surface area contributed by atoms with Gasteiger partial charge in [0.25, 0.3) is 0 Å². The molecule has 4 heterocycles. The predicted molar refractivity (Wildman–Crippen MR) is 78.8 cm³/mol. The number of hydrogen-bond donors (Lipinski definition) is 1. The number of thiophene rings is 1. The second-order valence-electron chi connectivity index (χ2n) is 4.69. The van der Waals surface area contributed by atoms with Crippen molar-refractivity contribution in [2.75, 3.05) is 11.9 Å². The van der Waals surface area contributed by atoms with Gasteiger partial charge in [-0.1, -0.05) is 6.07 Å². The van der Waals surface area contributed by atoms with Crippen molar-refractivity contribution in [3.8, 4) is 11.4 Å². The number of rotatable bonds is 2. The van der Waals surface area contributed by atoms with Gasteiger partial charge in [0.2, 0.25) is 5.95 Å². The summed E-state index contributed by atoms with van der Waals surface area (Å²) in [6, 6.07) is 8.40. The molecule has 0 spiro atoms. The van der Waals surface area contributed by atoms with E-state index >= 15 is 0 Å². The van der Waals surface area contributed by atoms with Crippen LogP contribution in [0.3, 0.4) is 0 Å². The molecule has 0 bridgehead atoms. The van der Waals surface area contributed by atoms with Crippen molar-refractivity contribution in [3.63, 3.8) is 0 Å². The molecule has 0 aromatic carbocycles. The molecule has 3 aromatic rings. The average Bonchev–Trinajstić information content (AvgIpc) is 3.17. The minimum atomic E-state index is 0.286. The first kappa shape index (κ1) is 11.6. The smallest absolute Gasteiger partial charge is 0.222 e. The Bertz CT molecular complexity index is 705. The highest BCUT2D eigenvalue weighted by Gasteiger charge is 2.25. The fraction of sp³-hybridized carbons (Fsp3) is 0.214. The molecular formula is C14H13N5S. The van der Waals surface area contributed by atoms with E-state index in [1.165, 1.54) is 4.88 Å². The van der Waals surface area contributed by atoms with E-state index in [1.807, 2.05) is 16.8 Å². The molecule has 1 unspecified atom stereocenters. The molecule has 1 aliphatic rings. The highest BCUT2D eigenvalue weighted by Crippen LogP contribution is 2.32. The second kappa shape index (κ2) is 4.72. The van der Waals surface area contributed by atoms with Gasteiger partial charge in [-0.25, -0.2) is 4.68 Å². The Balaban J connectivity index is 1.78. The van der Waals surface area contributed by atoms with Crippen molar-refractivity contribution < 1.29 is 0 Å². The van der Waals surface area contributed by atoms with Crippen LogP contribution >= 0.6 is 11.3 Å². The van der Waals surface area contributed by atoms with Gasteiger partial charge in [0.1, 0.15) is 0 Å². The van der Waals surface area contributed by atoms with E-state index in [2.05, 4.69) is 37.9 Å². The number of pyridine rings is 1. The summed E-state index contributed by atoms with van der Waals surface area (Å²) in [5.41, 5.74) is 0.994. The summed E-state index contributed by atoms with van der Waals surface area (Å²) in [4.78, 5) is 9.96. The predicted octanol–water partition coefficient (Wildman–Crippen LogP) is 2.81. The van der Waals surface area contributed by atoms with Gasteiger partial charge >= 0.3 is 0 Å². The zero-order valence-electron chi connectivity index (χ0n) is 10.7. The third-order valence-electron chi connectivity index (χ3n) is 3.44. The Kier molecular flexibility index (Phi) is 2.74. The third-order valence-corrected chi connectivity index (χ3v) is 4.41. The van der Waals surface area contributed by atoms with Gasteiger partial charge in [0.05, 0.1) is 6.04 Å². The second-order valence-corrected chi connectivity index (χ2v) is 5.67. The summed E-state index contributed by atoms with van der Waals surface area (Å²) in [7, 11) is 0. The van der Waals surface area contributed by atoms with Crippen LogP contribution < -0.4 is 5.32 Å². The van der Waals surface area contributed by atoms with E-state index in [4.69, 9.17) is 0 Å². The van der Waals surface area contributed by atoms with Crippen molar-refractivity contribution in [1.82, 2.24) is 19.7 Å². The number of nitrogens with zero attached hydrogens (tertiary/aromatic N) is 4. The highest BCUT2D eigenvalue weighted by molar-refractivity contribution is 7.10. The standard InChI is InChI=1S/C14H13N5S/c1-2-12(20-9-1)11-5-8-16-14-17-13(18-19(11)14)10-3-6-15-7-4-10/h1-4,6-7,9,11H,5,8H2,(H,16,17,18). The summed E-state index contributed by atoms with van der Waals surface area (Å²) >= 11 is 1.77. The number of anilines is 1. The largest absolute Gasteiger partial charge is 0.354 e. The number of fused-ring (bicyclic) bond motifs is 1. The lowest BCUT2D eigenvalue weighted by Crippen LogP contribution is -2.24. The van der Waals surface area contributed by atoms with Crippen molar-refractivity contribution >= 4 is 17.3 Å². The highest BCUT2D eigenvalue weighted by atomic mass is 32.1. The Morgan fingerprint density at radius 3 is 2.95 bits per heavy atom. The van der Waals surface area contributed by atoms with Crippen LogP contribution in [0.25, 0.3) is 11.4 Å². The summed E-state index contributed by atoms with van der Waals surface area (Å²) in [5, 5.41) is 10.1. The summed E-state index contributed by atoms with van der Waals surface area (Å²) in [5.74, 6) is 1.60. The maximum Gasteiger partial charge on any atom is 0.222 e. The third kappa shape index (κ3) is 1.89. The molecule has 0 amide bonds. The molecule has 1 atom stereocenters. The molecule has 100 valence electrons. The molecule has 0 saturated carbocycles. The topological polar surface area (TPSA) is 55.6 Å². The quantitative estimate of drug-likeness (QED) is 0.785. The van der Waals surface area contributed by atoms with Gasteiger partial charge in [-0.15, -0.1) is 16.4 Å². The van der Waals surface area contributed by atoms with Crippen LogP contribution in [0, 0.1) is 0 Å². The van der Waals surface area contributed by atoms with Crippen molar-refractivity contribution in [2.24, 2.45) is 0 Å². The minimum Gasteiger partial charge on any atom is -0.354 e. The Morgan fingerprint density at radius 2 is 2.15 bits per heavy atom. The first-order valence-corrected chi connectivity index (χ1v) is 7.44. The average molecular weight is 283 g/mol. The minimum absolute atomic E-state index is 0.286. The first-order chi connectivity index (χ1) is 9.92. The van der Waals surface area contributed by atoms with Crippen LogP contribution in [0.2, 0.25) is 0 Å². The molecular weight excluding hydrogens is 270 g/mol. The Hall–Kier alpha value is -2.21. The molecule has 1 N–H and O–H groups in total. The molecule has 5 nitrogen and oxygen atoms in total. The monoisotopic (exact) mass is 283 g/mol. The number of hydrogen-bond acceptors (Lipinski definition) is 5. The molecule has 0 radical (unpaired) electrons. The Morgan fingerprint density at radius 1 is 1.25 bits per heavy atom. The van der Waals surface area contributed by atoms with Crippen LogP contribution in [0.4, 0.5) is 5.95 Å². The fourth-order valence-electron chi connectivity index (χ4n) is 2.47. The van der Waals surface area contributed by atoms with Crippen molar-refractivity contribution in [3.05, 3.63) is 46.9 Å². The van der Waals surface area contributed by atoms with E-state index in [1.54, 1.807) is 23.7 Å². The molecule has 0 aliphatic carbocycles. The normalized spacial score (nSPS) is 17.5. The van der Waals surface area contributed by atoms with Crippen LogP contribution in [0.5, 0.6) is 0 Å². The molecule has 1 aliphatic heterocycles. The van der Waals surface area contributed by atoms with Gasteiger partial charge in [0.15, 0.2) is 5.82 Å². The lowest BCUT2D eigenvalue weighted by atomic mass is 10.1. The summed E-state index contributed by atoms with van der Waals surface area (Å²) in [6.45, 7) is 0.928. The number of nitrogens with one attached hydrogen (secondary N) is 1. The van der Waals surface area contributed by atoms with E-state index in [-0.39, 0.29) is 6.04 Å². The molecule has 0 fully saturated rings. The maximum atomic E-state index is 4.68. The molecule has 20 heavy (non-hydrogen) atoms. The molecule has 4 rings (SSSR count). The van der Waals surface area contributed by atoms with Crippen LogP contribution in [0.1, 0.15) is 17.3 Å². The molecule has 6 heteroatoms. The zero-order valence-corrected chi connectivity index (χ0v) is 11.5. The maximum absolute atomic E-state index is 4.68. The van der Waals surface area contributed by atoms with Gasteiger partial charge in [-0.3, -0.25) is 4.98 Å². The van der Waals surface area contributed by atoms with Crippen LogP contribution in [0.15, 0.2) is 42.0 Å². The summed E-state index contributed by atoms with van der Waals surface area (Å²) < 4.78 is 2.01. The lowest BCUT2D eigenvalue weighted by Gasteiger charge is -2.23. The van der Waals surface area contributed by atoms with Crippen LogP contribution in [-0.2, 0) is 0 Å². The molecule has 0 saturated heterocycles. The Labute approximate surface area is 120 Å². The van der Waals surface area contributed by atoms with Gasteiger partial charge in [-0.05, 0) is 30.0 Å². The van der Waals surface area contributed by atoms with Crippen LogP contribution in [-0.4, -0.2) is 26.3 Å². The van der Waals surface area contributed by atoms with Crippen molar-refractivity contribution in [2.45, 2.75) is 12.5 Å². The van der Waals surface area contributed by atoms with Gasteiger partial charge in [0, 0.05) is 29.4 Å². The fourth-order valence-corrected chi connectivity index (χ4v) is 3.32.